The van der Waals surface area contributed by atoms with Gasteiger partial charge in [0.1, 0.15) is 0 Å². The zero-order valence-electron chi connectivity index (χ0n) is 3.94. The Morgan fingerprint density at radius 3 is 2.00 bits per heavy atom. The van der Waals surface area contributed by atoms with Crippen molar-refractivity contribution in [3.05, 3.63) is 24.8 Å². The van der Waals surface area contributed by atoms with Crippen LogP contribution < -0.4 is 0 Å². The second kappa shape index (κ2) is 5.01. The Bertz CT molecular complexity index is 55.0. The summed E-state index contributed by atoms with van der Waals surface area (Å²) in [7, 11) is 0. The molecule has 1 heteroatoms. The summed E-state index contributed by atoms with van der Waals surface area (Å²) in [6, 6.07) is 0. The van der Waals surface area contributed by atoms with Gasteiger partial charge < -0.3 is 0 Å². The first kappa shape index (κ1) is 9.38. The maximum absolute atomic E-state index is 5.09. The van der Waals surface area contributed by atoms with Gasteiger partial charge in [-0.05, 0) is 6.92 Å². The van der Waals surface area contributed by atoms with Gasteiger partial charge in [0.25, 0.3) is 0 Å². The van der Waals surface area contributed by atoms with Crippen molar-refractivity contribution in [2.75, 3.05) is 0 Å². The summed E-state index contributed by atoms with van der Waals surface area (Å²) < 4.78 is 0. The molecule has 0 rings (SSSR count). The summed E-state index contributed by atoms with van der Waals surface area (Å²) in [6.45, 7) is 10.3. The van der Waals surface area contributed by atoms with Crippen LogP contribution in [-0.2, 0) is 0 Å². The summed E-state index contributed by atoms with van der Waals surface area (Å²) in [4.78, 5) is 0. The average Bonchev–Trinajstić information content (AvgIpc) is 1.38. The Balaban J connectivity index is 0. The van der Waals surface area contributed by atoms with Crippen molar-refractivity contribution in [2.45, 2.75) is 6.92 Å². The standard InChI is InChI=1S/C5H7.Al/c1-4-5(2)3;/h2,4H,1H2,3H3;. The lowest BCUT2D eigenvalue weighted by atomic mass is 10.4. The van der Waals surface area contributed by atoms with Crippen molar-refractivity contribution < 1.29 is 0 Å². The monoisotopic (exact) mass is 94.0 g/mol. The van der Waals surface area contributed by atoms with E-state index in [2.05, 4.69) is 6.58 Å². The molecule has 0 unspecified atom stereocenters. The van der Waals surface area contributed by atoms with Crippen molar-refractivity contribution >= 4 is 17.4 Å². The fraction of sp³-hybridized carbons (Fsp3) is 0.200. The van der Waals surface area contributed by atoms with Gasteiger partial charge in [-0.25, -0.2) is 0 Å². The minimum atomic E-state index is 0. The Morgan fingerprint density at radius 2 is 2.00 bits per heavy atom. The van der Waals surface area contributed by atoms with Gasteiger partial charge in [-0.2, -0.15) is 0 Å². The van der Waals surface area contributed by atoms with E-state index in [0.717, 1.165) is 5.57 Å². The average molecular weight is 94.1 g/mol. The van der Waals surface area contributed by atoms with Crippen LogP contribution in [0, 0.1) is 6.58 Å². The normalized spacial score (nSPS) is 5.50. The van der Waals surface area contributed by atoms with E-state index in [4.69, 9.17) is 6.58 Å². The van der Waals surface area contributed by atoms with E-state index in [1.807, 2.05) is 0 Å². The van der Waals surface area contributed by atoms with Crippen LogP contribution in [-0.4, -0.2) is 17.4 Å². The van der Waals surface area contributed by atoms with Gasteiger partial charge in [0.2, 0.25) is 0 Å². The predicted molar refractivity (Wildman–Crippen MR) is 29.4 cm³/mol. The smallest absolute Gasteiger partial charge is 0 e. The Labute approximate surface area is 49.7 Å². The second-order valence-electron chi connectivity index (χ2n) is 0.948. The molecule has 0 aromatic carbocycles. The lowest BCUT2D eigenvalue weighted by Gasteiger charge is -1.71. The highest BCUT2D eigenvalue weighted by atomic mass is 27.0. The van der Waals surface area contributed by atoms with Crippen LogP contribution in [0.25, 0.3) is 0 Å². The first-order valence-corrected chi connectivity index (χ1v) is 1.49. The highest BCUT2D eigenvalue weighted by Crippen LogP contribution is 1.80. The molecule has 30 valence electrons. The number of hydrogen-bond acceptors (Lipinski definition) is 0. The van der Waals surface area contributed by atoms with Gasteiger partial charge in [-0.3, -0.25) is 0 Å². The van der Waals surface area contributed by atoms with Crippen molar-refractivity contribution in [1.29, 1.82) is 0 Å². The topological polar surface area (TPSA) is 0 Å². The molecule has 0 aromatic heterocycles. The van der Waals surface area contributed by atoms with Crippen LogP contribution in [0.4, 0.5) is 0 Å². The molecule has 0 atom stereocenters. The number of allylic oxidation sites excluding steroid dienone is 2. The highest BCUT2D eigenvalue weighted by molar-refractivity contribution is 5.75. The molecule has 0 amide bonds. The summed E-state index contributed by atoms with van der Waals surface area (Å²) >= 11 is 0. The fourth-order valence-electron chi connectivity index (χ4n) is 0. The maximum Gasteiger partial charge on any atom is 0 e. The van der Waals surface area contributed by atoms with E-state index in [-0.39, 0.29) is 17.4 Å². The Hall–Kier alpha value is 0.0125. The third-order valence-electron chi connectivity index (χ3n) is 0.322. The molecule has 0 bridgehead atoms. The number of hydrogen-bond donors (Lipinski definition) is 0. The third kappa shape index (κ3) is 8.99. The van der Waals surface area contributed by atoms with E-state index >= 15 is 0 Å². The van der Waals surface area contributed by atoms with Crippen LogP contribution in [0.5, 0.6) is 0 Å². The Morgan fingerprint density at radius 1 is 1.83 bits per heavy atom. The molecule has 0 heterocycles. The molecule has 0 saturated carbocycles. The van der Waals surface area contributed by atoms with E-state index in [1.165, 1.54) is 0 Å². The summed E-state index contributed by atoms with van der Waals surface area (Å²) in [5.74, 6) is 0. The molecular weight excluding hydrogens is 87.0 g/mol. The molecule has 0 aliphatic rings. The molecule has 6 heavy (non-hydrogen) atoms. The summed E-state index contributed by atoms with van der Waals surface area (Å²) in [6.07, 6.45) is 1.61. The quantitative estimate of drug-likeness (QED) is 0.338. The lowest BCUT2D eigenvalue weighted by Crippen LogP contribution is -1.50. The predicted octanol–water partition coefficient (Wildman–Crippen LogP) is 1.17. The summed E-state index contributed by atoms with van der Waals surface area (Å²) in [5.41, 5.74) is 0.769. The first-order chi connectivity index (χ1) is 2.27. The van der Waals surface area contributed by atoms with E-state index in [1.54, 1.807) is 13.0 Å². The zero-order valence-corrected chi connectivity index (χ0v) is 5.09. The van der Waals surface area contributed by atoms with Crippen molar-refractivity contribution in [2.24, 2.45) is 0 Å². The van der Waals surface area contributed by atoms with Crippen molar-refractivity contribution in [3.8, 4) is 0 Å². The molecule has 4 radical (unpaired) electrons. The Kier molecular flexibility index (Phi) is 7.84. The van der Waals surface area contributed by atoms with Gasteiger partial charge in [0.05, 0.1) is 0 Å². The molecule has 0 aliphatic heterocycles. The van der Waals surface area contributed by atoms with Crippen LogP contribution in [0.2, 0.25) is 0 Å². The third-order valence-corrected chi connectivity index (χ3v) is 0.322. The number of rotatable bonds is 1. The molecule has 0 aliphatic carbocycles. The first-order valence-electron chi connectivity index (χ1n) is 1.49. The van der Waals surface area contributed by atoms with Crippen molar-refractivity contribution in [1.82, 2.24) is 0 Å². The largest absolute Gasteiger partial charge is 0.0988 e. The molecular formula is C5H7Al. The van der Waals surface area contributed by atoms with Gasteiger partial charge in [-0.1, -0.05) is 24.8 Å². The van der Waals surface area contributed by atoms with Gasteiger partial charge >= 0.3 is 0 Å². The molecule has 0 saturated heterocycles. The van der Waals surface area contributed by atoms with Gasteiger partial charge in [0, 0.05) is 17.4 Å². The SMILES string of the molecule is [Al].[CH]=C(C)C=C. The van der Waals surface area contributed by atoms with Crippen molar-refractivity contribution in [3.63, 3.8) is 0 Å². The molecule has 0 fully saturated rings. The van der Waals surface area contributed by atoms with Gasteiger partial charge in [0.15, 0.2) is 0 Å². The molecule has 0 spiro atoms. The summed E-state index contributed by atoms with van der Waals surface area (Å²) in [5, 5.41) is 0. The molecule has 0 N–H and O–H groups in total. The van der Waals surface area contributed by atoms with Crippen LogP contribution in [0.1, 0.15) is 6.92 Å². The van der Waals surface area contributed by atoms with Crippen LogP contribution in [0.15, 0.2) is 18.2 Å². The zero-order chi connectivity index (χ0) is 4.28. The van der Waals surface area contributed by atoms with E-state index in [9.17, 15) is 0 Å². The van der Waals surface area contributed by atoms with Crippen LogP contribution in [0.3, 0.4) is 0 Å². The minimum Gasteiger partial charge on any atom is -0.0988 e. The minimum absolute atomic E-state index is 0. The lowest BCUT2D eigenvalue weighted by molar-refractivity contribution is 1.56. The highest BCUT2D eigenvalue weighted by Gasteiger charge is 1.60. The fourth-order valence-corrected chi connectivity index (χ4v) is 0. The molecule has 0 nitrogen and oxygen atoms in total. The van der Waals surface area contributed by atoms with E-state index in [0.29, 0.717) is 0 Å². The van der Waals surface area contributed by atoms with Gasteiger partial charge in [-0.15, -0.1) is 0 Å². The second-order valence-corrected chi connectivity index (χ2v) is 0.948. The van der Waals surface area contributed by atoms with E-state index < -0.39 is 0 Å². The maximum atomic E-state index is 5.09. The molecule has 0 aromatic rings. The van der Waals surface area contributed by atoms with Crippen LogP contribution >= 0.6 is 0 Å².